The summed E-state index contributed by atoms with van der Waals surface area (Å²) < 4.78 is 14.4. The van der Waals surface area contributed by atoms with Crippen LogP contribution in [0.4, 0.5) is 0 Å². The van der Waals surface area contributed by atoms with Gasteiger partial charge < -0.3 is 9.47 Å². The van der Waals surface area contributed by atoms with Gasteiger partial charge in [0.2, 0.25) is 0 Å². The van der Waals surface area contributed by atoms with Crippen LogP contribution in [0.25, 0.3) is 0 Å². The molecule has 2 nitrogen and oxygen atoms in total. The normalized spacial score (nSPS) is 66.0. The Morgan fingerprint density at radius 3 is 1.36 bits per heavy atom. The molecule has 8 aliphatic carbocycles. The van der Waals surface area contributed by atoms with Crippen LogP contribution in [0, 0.1) is 47.3 Å². The SMILES string of the molecule is C1C2CC3CC1CC(C2)C31CCC2(CCC3(O2)C2CC4CC(C2)CC3C4)CO1. The van der Waals surface area contributed by atoms with Gasteiger partial charge in [-0.05, 0) is 137 Å². The van der Waals surface area contributed by atoms with Crippen molar-refractivity contribution in [1.29, 1.82) is 0 Å². The third-order valence-electron chi connectivity index (χ3n) is 12.0. The minimum absolute atomic E-state index is 0.0925. The molecule has 10 fully saturated rings. The molecule has 1 atom stereocenters. The van der Waals surface area contributed by atoms with E-state index >= 15 is 0 Å². The Balaban J connectivity index is 1.05. The van der Waals surface area contributed by atoms with Crippen molar-refractivity contribution in [2.24, 2.45) is 47.3 Å². The molecule has 0 radical (unpaired) electrons. The van der Waals surface area contributed by atoms with Gasteiger partial charge in [-0.1, -0.05) is 0 Å². The molecule has 2 aliphatic heterocycles. The van der Waals surface area contributed by atoms with Crippen molar-refractivity contribution in [3.63, 3.8) is 0 Å². The van der Waals surface area contributed by atoms with Crippen LogP contribution in [-0.4, -0.2) is 23.4 Å². The molecule has 10 rings (SSSR count). The van der Waals surface area contributed by atoms with E-state index in [-0.39, 0.29) is 16.8 Å². The van der Waals surface area contributed by atoms with Crippen molar-refractivity contribution in [3.8, 4) is 0 Å². The summed E-state index contributed by atoms with van der Waals surface area (Å²) in [5.41, 5.74) is 0.627. The van der Waals surface area contributed by atoms with Gasteiger partial charge in [0, 0.05) is 0 Å². The molecule has 3 spiro atoms. The van der Waals surface area contributed by atoms with Gasteiger partial charge in [-0.25, -0.2) is 0 Å². The summed E-state index contributed by atoms with van der Waals surface area (Å²) >= 11 is 0. The molecule has 0 aromatic heterocycles. The maximum atomic E-state index is 7.32. The zero-order valence-electron chi connectivity index (χ0n) is 17.5. The highest BCUT2D eigenvalue weighted by Gasteiger charge is 2.66. The lowest BCUT2D eigenvalue weighted by molar-refractivity contribution is -0.289. The summed E-state index contributed by atoms with van der Waals surface area (Å²) in [6.45, 7) is 0.934. The Labute approximate surface area is 170 Å². The van der Waals surface area contributed by atoms with Gasteiger partial charge in [-0.15, -0.1) is 0 Å². The summed E-state index contributed by atoms with van der Waals surface area (Å²) in [7, 11) is 0. The van der Waals surface area contributed by atoms with E-state index in [1.54, 1.807) is 12.8 Å². The average Bonchev–Trinajstić information content (AvgIpc) is 3.05. The first-order valence-corrected chi connectivity index (χ1v) is 13.0. The zero-order chi connectivity index (χ0) is 18.1. The summed E-state index contributed by atoms with van der Waals surface area (Å²) in [6.07, 6.45) is 20.3. The van der Waals surface area contributed by atoms with Crippen molar-refractivity contribution in [3.05, 3.63) is 0 Å². The molecule has 2 saturated heterocycles. The maximum Gasteiger partial charge on any atom is 0.0925 e. The van der Waals surface area contributed by atoms with Crippen LogP contribution in [0.15, 0.2) is 0 Å². The van der Waals surface area contributed by atoms with Crippen LogP contribution in [0.1, 0.15) is 89.9 Å². The number of hydrogen-bond donors (Lipinski definition) is 0. The van der Waals surface area contributed by atoms with Gasteiger partial charge >= 0.3 is 0 Å². The van der Waals surface area contributed by atoms with E-state index < -0.39 is 0 Å². The lowest BCUT2D eigenvalue weighted by Crippen LogP contribution is -2.64. The predicted octanol–water partition coefficient (Wildman–Crippen LogP) is 5.74. The van der Waals surface area contributed by atoms with Crippen molar-refractivity contribution in [2.75, 3.05) is 6.61 Å². The first kappa shape index (κ1) is 16.6. The monoisotopic (exact) mass is 382 g/mol. The Bertz CT molecular complexity index is 629. The highest BCUT2D eigenvalue weighted by Crippen LogP contribution is 2.67. The number of hydrogen-bond acceptors (Lipinski definition) is 2. The van der Waals surface area contributed by atoms with Gasteiger partial charge in [-0.3, -0.25) is 0 Å². The van der Waals surface area contributed by atoms with Crippen molar-refractivity contribution in [1.82, 2.24) is 0 Å². The van der Waals surface area contributed by atoms with Crippen LogP contribution in [0.3, 0.4) is 0 Å². The summed E-state index contributed by atoms with van der Waals surface area (Å²) in [6, 6.07) is 0. The van der Waals surface area contributed by atoms with E-state index in [2.05, 4.69) is 0 Å². The fourth-order valence-corrected chi connectivity index (χ4v) is 11.2. The van der Waals surface area contributed by atoms with Crippen LogP contribution >= 0.6 is 0 Å². The predicted molar refractivity (Wildman–Crippen MR) is 108 cm³/mol. The first-order chi connectivity index (χ1) is 13.6. The Morgan fingerprint density at radius 1 is 0.464 bits per heavy atom. The highest BCUT2D eigenvalue weighted by molar-refractivity contribution is 5.15. The molecule has 2 heterocycles. The molecule has 2 heteroatoms. The van der Waals surface area contributed by atoms with Crippen LogP contribution < -0.4 is 0 Å². The van der Waals surface area contributed by atoms with E-state index in [4.69, 9.17) is 9.47 Å². The van der Waals surface area contributed by atoms with E-state index in [9.17, 15) is 0 Å². The number of ether oxygens (including phenoxy) is 2. The third-order valence-corrected chi connectivity index (χ3v) is 12.0. The maximum absolute atomic E-state index is 7.32. The largest absolute Gasteiger partial charge is 0.371 e. The molecule has 10 aliphatic rings. The van der Waals surface area contributed by atoms with E-state index in [0.29, 0.717) is 0 Å². The second-order valence-corrected chi connectivity index (χ2v) is 13.1. The van der Waals surface area contributed by atoms with Gasteiger partial charge in [-0.2, -0.15) is 0 Å². The summed E-state index contributed by atoms with van der Waals surface area (Å²) in [5.74, 6) is 7.74. The minimum Gasteiger partial charge on any atom is -0.371 e. The molecule has 0 aromatic rings. The second kappa shape index (κ2) is 5.21. The van der Waals surface area contributed by atoms with E-state index in [1.807, 2.05) is 0 Å². The summed E-state index contributed by atoms with van der Waals surface area (Å²) in [4.78, 5) is 0. The van der Waals surface area contributed by atoms with Crippen molar-refractivity contribution < 1.29 is 9.47 Å². The summed E-state index contributed by atoms with van der Waals surface area (Å²) in [5, 5.41) is 0. The highest BCUT2D eigenvalue weighted by atomic mass is 16.6. The standard InChI is InChI=1S/C26H38O2/c1-3-25(20-7-16-5-17(9-20)10-21(25)8-16)27-15-24(1)2-4-26(28-24)22-11-18-6-19(13-22)14-23(26)12-18/h16-23H,1-15H2. The molecule has 0 amide bonds. The smallest absolute Gasteiger partial charge is 0.0925 e. The second-order valence-electron chi connectivity index (χ2n) is 13.1. The molecule has 0 aromatic carbocycles. The van der Waals surface area contributed by atoms with Gasteiger partial charge in [0.15, 0.2) is 0 Å². The molecular formula is C26H38O2. The minimum atomic E-state index is 0.0925. The molecule has 8 saturated carbocycles. The molecule has 1 unspecified atom stereocenters. The van der Waals surface area contributed by atoms with Crippen LogP contribution in [0.2, 0.25) is 0 Å². The third kappa shape index (κ3) is 1.95. The molecule has 28 heavy (non-hydrogen) atoms. The lowest BCUT2D eigenvalue weighted by atomic mass is 9.48. The molecule has 154 valence electrons. The van der Waals surface area contributed by atoms with Gasteiger partial charge in [0.25, 0.3) is 0 Å². The van der Waals surface area contributed by atoms with Gasteiger partial charge in [0.1, 0.15) is 0 Å². The van der Waals surface area contributed by atoms with Crippen LogP contribution in [0.5, 0.6) is 0 Å². The Kier molecular flexibility index (Phi) is 3.09. The van der Waals surface area contributed by atoms with E-state index in [0.717, 1.165) is 54.0 Å². The topological polar surface area (TPSA) is 18.5 Å². The quantitative estimate of drug-likeness (QED) is 0.532. The Hall–Kier alpha value is -0.0800. The molecule has 0 N–H and O–H groups in total. The van der Waals surface area contributed by atoms with Crippen LogP contribution in [-0.2, 0) is 9.47 Å². The zero-order valence-corrected chi connectivity index (χ0v) is 17.5. The average molecular weight is 383 g/mol. The number of rotatable bonds is 0. The van der Waals surface area contributed by atoms with Gasteiger partial charge in [0.05, 0.1) is 23.4 Å². The van der Waals surface area contributed by atoms with E-state index in [1.165, 1.54) is 77.0 Å². The fraction of sp³-hybridized carbons (Fsp3) is 1.00. The fourth-order valence-electron chi connectivity index (χ4n) is 11.2. The lowest BCUT2D eigenvalue weighted by Gasteiger charge is -2.64. The Morgan fingerprint density at radius 2 is 0.893 bits per heavy atom. The first-order valence-electron chi connectivity index (χ1n) is 13.0. The molecule has 8 bridgehead atoms. The molecular weight excluding hydrogens is 344 g/mol. The van der Waals surface area contributed by atoms with Crippen molar-refractivity contribution >= 4 is 0 Å². The van der Waals surface area contributed by atoms with Crippen molar-refractivity contribution in [2.45, 2.75) is 107 Å².